The second-order valence-electron chi connectivity index (χ2n) is 3.04. The van der Waals surface area contributed by atoms with E-state index >= 15 is 0 Å². The molecule has 1 heteroatoms. The largest absolute Gasteiger partial charge is 0.0837 e. The van der Waals surface area contributed by atoms with Gasteiger partial charge in [-0.25, -0.2) is 0 Å². The molecule has 0 saturated heterocycles. The maximum absolute atomic E-state index is 6.18. The summed E-state index contributed by atoms with van der Waals surface area (Å²) in [6.07, 6.45) is 2.10. The normalized spacial score (nSPS) is 10.3. The summed E-state index contributed by atoms with van der Waals surface area (Å²) >= 11 is 6.18. The summed E-state index contributed by atoms with van der Waals surface area (Å²) in [7, 11) is 0. The summed E-state index contributed by atoms with van der Waals surface area (Å²) in [6.45, 7) is 6.38. The molecule has 1 rings (SSSR count). The van der Waals surface area contributed by atoms with Gasteiger partial charge in [0.05, 0.1) is 0 Å². The van der Waals surface area contributed by atoms with Gasteiger partial charge in [0.1, 0.15) is 0 Å². The molecule has 0 bridgehead atoms. The number of hydrogen-bond acceptors (Lipinski definition) is 0. The van der Waals surface area contributed by atoms with Crippen LogP contribution in [0.25, 0.3) is 0 Å². The second kappa shape index (κ2) is 3.95. The molecule has 66 valence electrons. The lowest BCUT2D eigenvalue weighted by Gasteiger charge is -2.09. The number of hydrogen-bond donors (Lipinski definition) is 0. The maximum atomic E-state index is 6.18. The van der Waals surface area contributed by atoms with Crippen LogP contribution in [0.1, 0.15) is 30.5 Å². The Morgan fingerprint density at radius 2 is 1.83 bits per heavy atom. The molecule has 0 heterocycles. The predicted octanol–water partition coefficient (Wildman–Crippen LogP) is 3.77. The van der Waals surface area contributed by atoms with Crippen molar-refractivity contribution in [2.24, 2.45) is 0 Å². The number of rotatable bonds is 2. The number of aryl methyl sites for hydroxylation is 2. The Kier molecular flexibility index (Phi) is 3.16. The van der Waals surface area contributed by atoms with E-state index in [0.29, 0.717) is 0 Å². The van der Waals surface area contributed by atoms with Crippen LogP contribution in [-0.4, -0.2) is 0 Å². The van der Waals surface area contributed by atoms with Crippen LogP contribution >= 0.6 is 11.6 Å². The third-order valence-corrected chi connectivity index (χ3v) is 2.79. The molecule has 0 saturated carbocycles. The molecular weight excluding hydrogens is 168 g/mol. The molecule has 0 spiro atoms. The van der Waals surface area contributed by atoms with Crippen molar-refractivity contribution in [2.45, 2.75) is 33.6 Å². The molecule has 0 aromatic heterocycles. The summed E-state index contributed by atoms with van der Waals surface area (Å²) in [5.74, 6) is 0. The minimum absolute atomic E-state index is 0.955. The smallest absolute Gasteiger partial charge is 0.0469 e. The highest BCUT2D eigenvalue weighted by molar-refractivity contribution is 6.32. The number of benzene rings is 1. The van der Waals surface area contributed by atoms with Crippen molar-refractivity contribution in [3.63, 3.8) is 0 Å². The first kappa shape index (κ1) is 9.60. The first-order valence-electron chi connectivity index (χ1n) is 4.47. The standard InChI is InChI=1S/C11H15Cl/c1-4-9-7-6-8(3)11(12)10(9)5-2/h6-7H,4-5H2,1-3H3. The van der Waals surface area contributed by atoms with Gasteiger partial charge in [-0.1, -0.05) is 37.6 Å². The van der Waals surface area contributed by atoms with Gasteiger partial charge >= 0.3 is 0 Å². The fourth-order valence-corrected chi connectivity index (χ4v) is 1.81. The Morgan fingerprint density at radius 1 is 1.17 bits per heavy atom. The van der Waals surface area contributed by atoms with Gasteiger partial charge in [-0.05, 0) is 36.5 Å². The lowest BCUT2D eigenvalue weighted by atomic mass is 10.0. The zero-order valence-corrected chi connectivity index (χ0v) is 8.70. The van der Waals surface area contributed by atoms with Crippen molar-refractivity contribution in [3.05, 3.63) is 33.8 Å². The average Bonchev–Trinajstić information content (AvgIpc) is 2.09. The van der Waals surface area contributed by atoms with Crippen molar-refractivity contribution in [3.8, 4) is 0 Å². The van der Waals surface area contributed by atoms with E-state index in [9.17, 15) is 0 Å². The maximum Gasteiger partial charge on any atom is 0.0469 e. The highest BCUT2D eigenvalue weighted by atomic mass is 35.5. The molecule has 0 radical (unpaired) electrons. The fourth-order valence-electron chi connectivity index (χ4n) is 1.49. The monoisotopic (exact) mass is 182 g/mol. The van der Waals surface area contributed by atoms with Gasteiger partial charge in [0, 0.05) is 5.02 Å². The minimum atomic E-state index is 0.955. The third kappa shape index (κ3) is 1.64. The van der Waals surface area contributed by atoms with Crippen LogP contribution in [0.15, 0.2) is 12.1 Å². The zero-order chi connectivity index (χ0) is 9.14. The molecule has 0 aliphatic heterocycles. The quantitative estimate of drug-likeness (QED) is 0.653. The molecule has 1 aromatic carbocycles. The Labute approximate surface area is 79.6 Å². The first-order valence-corrected chi connectivity index (χ1v) is 4.85. The van der Waals surface area contributed by atoms with Gasteiger partial charge < -0.3 is 0 Å². The fraction of sp³-hybridized carbons (Fsp3) is 0.455. The van der Waals surface area contributed by atoms with Gasteiger partial charge in [0.25, 0.3) is 0 Å². The van der Waals surface area contributed by atoms with E-state index in [4.69, 9.17) is 11.6 Å². The van der Waals surface area contributed by atoms with E-state index in [2.05, 4.69) is 32.9 Å². The minimum Gasteiger partial charge on any atom is -0.0837 e. The van der Waals surface area contributed by atoms with Gasteiger partial charge in [-0.2, -0.15) is 0 Å². The summed E-state index contributed by atoms with van der Waals surface area (Å²) in [5.41, 5.74) is 3.89. The second-order valence-corrected chi connectivity index (χ2v) is 3.42. The predicted molar refractivity (Wildman–Crippen MR) is 54.9 cm³/mol. The van der Waals surface area contributed by atoms with Gasteiger partial charge in [-0.3, -0.25) is 0 Å². The average molecular weight is 183 g/mol. The molecule has 0 atom stereocenters. The Hall–Kier alpha value is -0.490. The van der Waals surface area contributed by atoms with Gasteiger partial charge in [0.15, 0.2) is 0 Å². The lowest BCUT2D eigenvalue weighted by molar-refractivity contribution is 1.03. The molecule has 1 aromatic rings. The van der Waals surface area contributed by atoms with Gasteiger partial charge in [0.2, 0.25) is 0 Å². The summed E-state index contributed by atoms with van der Waals surface area (Å²) in [6, 6.07) is 4.28. The van der Waals surface area contributed by atoms with Crippen LogP contribution in [0.3, 0.4) is 0 Å². The van der Waals surface area contributed by atoms with Crippen LogP contribution in [0.4, 0.5) is 0 Å². The molecule has 0 fully saturated rings. The van der Waals surface area contributed by atoms with Crippen LogP contribution in [0, 0.1) is 6.92 Å². The summed E-state index contributed by atoms with van der Waals surface area (Å²) < 4.78 is 0. The Balaban J connectivity index is 3.25. The van der Waals surface area contributed by atoms with E-state index in [1.165, 1.54) is 16.7 Å². The van der Waals surface area contributed by atoms with E-state index < -0.39 is 0 Å². The van der Waals surface area contributed by atoms with Crippen molar-refractivity contribution < 1.29 is 0 Å². The molecule has 0 aliphatic rings. The molecule has 0 aliphatic carbocycles. The van der Waals surface area contributed by atoms with Crippen molar-refractivity contribution in [1.82, 2.24) is 0 Å². The highest BCUT2D eigenvalue weighted by Gasteiger charge is 2.05. The SMILES string of the molecule is CCc1ccc(C)c(Cl)c1CC. The van der Waals surface area contributed by atoms with Crippen LogP contribution < -0.4 is 0 Å². The van der Waals surface area contributed by atoms with Crippen LogP contribution in [0.2, 0.25) is 5.02 Å². The van der Waals surface area contributed by atoms with E-state index in [0.717, 1.165) is 17.9 Å². The van der Waals surface area contributed by atoms with Crippen LogP contribution in [0.5, 0.6) is 0 Å². The summed E-state index contributed by atoms with van der Waals surface area (Å²) in [5, 5.41) is 0.955. The van der Waals surface area contributed by atoms with Crippen molar-refractivity contribution in [1.29, 1.82) is 0 Å². The van der Waals surface area contributed by atoms with E-state index in [1.54, 1.807) is 0 Å². The summed E-state index contributed by atoms with van der Waals surface area (Å²) in [4.78, 5) is 0. The van der Waals surface area contributed by atoms with Gasteiger partial charge in [-0.15, -0.1) is 0 Å². The molecule has 0 amide bonds. The first-order chi connectivity index (χ1) is 5.70. The Morgan fingerprint density at radius 3 is 2.33 bits per heavy atom. The molecule has 0 N–H and O–H groups in total. The van der Waals surface area contributed by atoms with E-state index in [-0.39, 0.29) is 0 Å². The molecular formula is C11H15Cl. The Bertz CT molecular complexity index is 277. The van der Waals surface area contributed by atoms with Crippen LogP contribution in [-0.2, 0) is 12.8 Å². The van der Waals surface area contributed by atoms with E-state index in [1.807, 2.05) is 0 Å². The van der Waals surface area contributed by atoms with Crippen molar-refractivity contribution in [2.75, 3.05) is 0 Å². The molecule has 0 nitrogen and oxygen atoms in total. The van der Waals surface area contributed by atoms with Crippen molar-refractivity contribution >= 4 is 11.6 Å². The molecule has 12 heavy (non-hydrogen) atoms. The lowest BCUT2D eigenvalue weighted by Crippen LogP contribution is -1.93. The topological polar surface area (TPSA) is 0 Å². The number of halogens is 1. The highest BCUT2D eigenvalue weighted by Crippen LogP contribution is 2.24. The molecule has 0 unspecified atom stereocenters. The third-order valence-electron chi connectivity index (χ3n) is 2.27. The zero-order valence-electron chi connectivity index (χ0n) is 7.95.